The van der Waals surface area contributed by atoms with E-state index < -0.39 is 17.9 Å². The van der Waals surface area contributed by atoms with Crippen LogP contribution in [0.4, 0.5) is 5.69 Å². The van der Waals surface area contributed by atoms with Crippen molar-refractivity contribution in [3.8, 4) is 17.2 Å². The number of benzene rings is 2. The Morgan fingerprint density at radius 1 is 0.929 bits per heavy atom. The summed E-state index contributed by atoms with van der Waals surface area (Å²) in [5.41, 5.74) is 1.06. The van der Waals surface area contributed by atoms with Crippen molar-refractivity contribution in [1.82, 2.24) is 5.32 Å². The molecule has 0 heterocycles. The minimum absolute atomic E-state index is 0.134. The maximum Gasteiger partial charge on any atom is 0.313 e. The summed E-state index contributed by atoms with van der Waals surface area (Å²) >= 11 is 0. The predicted octanol–water partition coefficient (Wildman–Crippen LogP) is 1.89. The average Bonchev–Trinajstić information content (AvgIpc) is 2.73. The Balaban J connectivity index is 2.16. The van der Waals surface area contributed by atoms with E-state index in [0.29, 0.717) is 11.5 Å². The average molecular weight is 388 g/mol. The third-order valence-electron chi connectivity index (χ3n) is 4.08. The molecule has 0 radical (unpaired) electrons. The Morgan fingerprint density at radius 3 is 2.18 bits per heavy atom. The van der Waals surface area contributed by atoms with Crippen LogP contribution in [0.1, 0.15) is 18.0 Å². The molecule has 0 saturated carbocycles. The molecular weight excluding hydrogens is 364 g/mol. The SMILES string of the molecule is COc1ccc(NC(=O)C(=O)N[C@H](CCO)c2ccccc2)c(OC)c1OC. The molecule has 2 aromatic carbocycles. The highest BCUT2D eigenvalue weighted by Crippen LogP contribution is 2.42. The number of methoxy groups -OCH3 is 3. The number of rotatable bonds is 8. The second kappa shape index (κ2) is 10.2. The molecule has 0 aromatic heterocycles. The number of anilines is 1. The van der Waals surface area contributed by atoms with Crippen molar-refractivity contribution in [3.63, 3.8) is 0 Å². The van der Waals surface area contributed by atoms with Crippen molar-refractivity contribution < 1.29 is 28.9 Å². The van der Waals surface area contributed by atoms with Crippen molar-refractivity contribution in [2.45, 2.75) is 12.5 Å². The summed E-state index contributed by atoms with van der Waals surface area (Å²) in [6, 6.07) is 11.8. The number of amides is 2. The zero-order valence-electron chi connectivity index (χ0n) is 16.0. The lowest BCUT2D eigenvalue weighted by atomic mass is 10.0. The summed E-state index contributed by atoms with van der Waals surface area (Å²) in [5.74, 6) is -0.749. The summed E-state index contributed by atoms with van der Waals surface area (Å²) in [6.07, 6.45) is 0.280. The fraction of sp³-hybridized carbons (Fsp3) is 0.300. The monoisotopic (exact) mass is 388 g/mol. The topological polar surface area (TPSA) is 106 Å². The van der Waals surface area contributed by atoms with E-state index in [1.807, 2.05) is 30.3 Å². The number of nitrogens with one attached hydrogen (secondary N) is 2. The molecule has 0 aliphatic heterocycles. The minimum atomic E-state index is -0.871. The number of hydrogen-bond acceptors (Lipinski definition) is 6. The summed E-state index contributed by atoms with van der Waals surface area (Å²) in [5, 5.41) is 14.4. The maximum atomic E-state index is 12.4. The number of aliphatic hydroxyl groups is 1. The van der Waals surface area contributed by atoms with Gasteiger partial charge in [-0.05, 0) is 24.1 Å². The van der Waals surface area contributed by atoms with Crippen LogP contribution in [0.15, 0.2) is 42.5 Å². The van der Waals surface area contributed by atoms with E-state index in [0.717, 1.165) is 5.56 Å². The smallest absolute Gasteiger partial charge is 0.313 e. The molecule has 1 atom stereocenters. The second-order valence-corrected chi connectivity index (χ2v) is 5.79. The molecule has 8 nitrogen and oxygen atoms in total. The molecule has 2 amide bonds. The van der Waals surface area contributed by atoms with E-state index in [1.165, 1.54) is 21.3 Å². The molecule has 3 N–H and O–H groups in total. The zero-order chi connectivity index (χ0) is 20.5. The molecule has 0 aliphatic carbocycles. The molecule has 150 valence electrons. The van der Waals surface area contributed by atoms with E-state index in [-0.39, 0.29) is 24.5 Å². The first-order chi connectivity index (χ1) is 13.5. The van der Waals surface area contributed by atoms with E-state index >= 15 is 0 Å². The Kier molecular flexibility index (Phi) is 7.65. The van der Waals surface area contributed by atoms with Gasteiger partial charge in [0, 0.05) is 6.61 Å². The number of carbonyl (C=O) groups is 2. The van der Waals surface area contributed by atoms with Crippen LogP contribution in [0.25, 0.3) is 0 Å². The summed E-state index contributed by atoms with van der Waals surface area (Å²) < 4.78 is 15.8. The zero-order valence-corrected chi connectivity index (χ0v) is 16.0. The van der Waals surface area contributed by atoms with Gasteiger partial charge in [-0.25, -0.2) is 0 Å². The first-order valence-electron chi connectivity index (χ1n) is 8.62. The Morgan fingerprint density at radius 2 is 1.61 bits per heavy atom. The molecule has 0 unspecified atom stereocenters. The van der Waals surface area contributed by atoms with E-state index in [1.54, 1.807) is 12.1 Å². The molecule has 2 aromatic rings. The van der Waals surface area contributed by atoms with Crippen molar-refractivity contribution in [3.05, 3.63) is 48.0 Å². The van der Waals surface area contributed by atoms with Gasteiger partial charge in [-0.3, -0.25) is 9.59 Å². The summed E-state index contributed by atoms with van der Waals surface area (Å²) in [6.45, 7) is -0.134. The Bertz CT molecular complexity index is 810. The van der Waals surface area contributed by atoms with Gasteiger partial charge in [-0.15, -0.1) is 0 Å². The van der Waals surface area contributed by atoms with Crippen molar-refractivity contribution in [1.29, 1.82) is 0 Å². The highest BCUT2D eigenvalue weighted by molar-refractivity contribution is 6.39. The Hall–Kier alpha value is -3.26. The fourth-order valence-electron chi connectivity index (χ4n) is 2.74. The van der Waals surface area contributed by atoms with Gasteiger partial charge in [-0.1, -0.05) is 30.3 Å². The largest absolute Gasteiger partial charge is 0.493 e. The van der Waals surface area contributed by atoms with Crippen LogP contribution in [-0.4, -0.2) is 44.9 Å². The first kappa shape index (κ1) is 21.0. The lowest BCUT2D eigenvalue weighted by Gasteiger charge is -2.19. The van der Waals surface area contributed by atoms with Gasteiger partial charge in [0.05, 0.1) is 33.1 Å². The minimum Gasteiger partial charge on any atom is -0.493 e. The number of hydrogen-bond donors (Lipinski definition) is 3. The maximum absolute atomic E-state index is 12.4. The van der Waals surface area contributed by atoms with Crippen molar-refractivity contribution in [2.75, 3.05) is 33.3 Å². The summed E-state index contributed by atoms with van der Waals surface area (Å²) in [7, 11) is 4.34. The quantitative estimate of drug-likeness (QED) is 0.597. The normalized spacial score (nSPS) is 11.3. The van der Waals surface area contributed by atoms with E-state index in [4.69, 9.17) is 14.2 Å². The molecule has 0 aliphatic rings. The van der Waals surface area contributed by atoms with Gasteiger partial charge in [0.2, 0.25) is 5.75 Å². The molecule has 28 heavy (non-hydrogen) atoms. The molecule has 0 spiro atoms. The number of aliphatic hydroxyl groups excluding tert-OH is 1. The van der Waals surface area contributed by atoms with E-state index in [2.05, 4.69) is 10.6 Å². The van der Waals surface area contributed by atoms with Crippen LogP contribution in [0.3, 0.4) is 0 Å². The van der Waals surface area contributed by atoms with Crippen molar-refractivity contribution in [2.24, 2.45) is 0 Å². The molecule has 2 rings (SSSR count). The lowest BCUT2D eigenvalue weighted by Crippen LogP contribution is -2.38. The Labute approximate surface area is 163 Å². The molecular formula is C20H24N2O6. The molecule has 0 fully saturated rings. The highest BCUT2D eigenvalue weighted by Gasteiger charge is 2.23. The van der Waals surface area contributed by atoms with Gasteiger partial charge in [0.25, 0.3) is 0 Å². The molecule has 8 heteroatoms. The molecule has 0 bridgehead atoms. The van der Waals surface area contributed by atoms with Gasteiger partial charge in [-0.2, -0.15) is 0 Å². The standard InChI is InChI=1S/C20H24N2O6/c1-26-16-10-9-15(17(27-2)18(16)28-3)22-20(25)19(24)21-14(11-12-23)13-7-5-4-6-8-13/h4-10,14,23H,11-12H2,1-3H3,(H,21,24)(H,22,25)/t14-/m1/s1. The van der Waals surface area contributed by atoms with Crippen molar-refractivity contribution >= 4 is 17.5 Å². The van der Waals surface area contributed by atoms with Crippen LogP contribution in [0.5, 0.6) is 17.2 Å². The number of ether oxygens (including phenoxy) is 3. The van der Waals surface area contributed by atoms with Gasteiger partial charge in [0.15, 0.2) is 11.5 Å². The third-order valence-corrected chi connectivity index (χ3v) is 4.08. The number of carbonyl (C=O) groups excluding carboxylic acids is 2. The van der Waals surface area contributed by atoms with E-state index in [9.17, 15) is 14.7 Å². The molecule has 0 saturated heterocycles. The van der Waals surface area contributed by atoms with Gasteiger partial charge < -0.3 is 30.0 Å². The highest BCUT2D eigenvalue weighted by atomic mass is 16.5. The van der Waals surface area contributed by atoms with Crippen LogP contribution in [0.2, 0.25) is 0 Å². The fourth-order valence-corrected chi connectivity index (χ4v) is 2.74. The predicted molar refractivity (Wildman–Crippen MR) is 104 cm³/mol. The first-order valence-corrected chi connectivity index (χ1v) is 8.62. The summed E-state index contributed by atoms with van der Waals surface area (Å²) in [4.78, 5) is 24.8. The van der Waals surface area contributed by atoms with Gasteiger partial charge >= 0.3 is 11.8 Å². The van der Waals surface area contributed by atoms with Crippen LogP contribution < -0.4 is 24.8 Å². The second-order valence-electron chi connectivity index (χ2n) is 5.79. The van der Waals surface area contributed by atoms with Crippen LogP contribution in [-0.2, 0) is 9.59 Å². The van der Waals surface area contributed by atoms with Crippen LogP contribution in [0, 0.1) is 0 Å². The third kappa shape index (κ3) is 4.92. The lowest BCUT2D eigenvalue weighted by molar-refractivity contribution is -0.136. The van der Waals surface area contributed by atoms with Gasteiger partial charge in [0.1, 0.15) is 0 Å². The van der Waals surface area contributed by atoms with Crippen LogP contribution >= 0.6 is 0 Å².